The van der Waals surface area contributed by atoms with E-state index in [1.165, 1.54) is 11.1 Å². The monoisotopic (exact) mass is 626 g/mol. The summed E-state index contributed by atoms with van der Waals surface area (Å²) >= 11 is 0. The Morgan fingerprint density at radius 2 is 0.667 bits per heavy atom. The minimum absolute atomic E-state index is 0.0712. The molecule has 45 heavy (non-hydrogen) atoms. The van der Waals surface area contributed by atoms with Crippen molar-refractivity contribution in [1.29, 1.82) is 0 Å². The van der Waals surface area contributed by atoms with Crippen molar-refractivity contribution in [2.45, 2.75) is 119 Å². The molecule has 0 saturated heterocycles. The van der Waals surface area contributed by atoms with Crippen molar-refractivity contribution in [1.82, 2.24) is 0 Å². The summed E-state index contributed by atoms with van der Waals surface area (Å²) in [4.78, 5) is 27.0. The third kappa shape index (κ3) is 7.62. The van der Waals surface area contributed by atoms with Crippen LogP contribution in [0.1, 0.15) is 116 Å². The minimum Gasteiger partial charge on any atom is -0.0623 e. The molecule has 3 heteroatoms. The van der Waals surface area contributed by atoms with E-state index in [-0.39, 0.29) is 21.7 Å². The first-order valence-electron chi connectivity index (χ1n) is 16.3. The Hall–Kier alpha value is -2.77. The average molecular weight is 627 g/mol. The van der Waals surface area contributed by atoms with Crippen LogP contribution >= 0.6 is 7.06 Å². The summed E-state index contributed by atoms with van der Waals surface area (Å²) in [6, 6.07) is 30.2. The fourth-order valence-corrected chi connectivity index (χ4v) is 10.5. The number of benzene rings is 4. The quantitative estimate of drug-likeness (QED) is 0.222. The molecule has 0 fully saturated rings. The Morgan fingerprint density at radius 3 is 0.933 bits per heavy atom. The zero-order valence-corrected chi connectivity index (χ0v) is 31.4. The predicted molar refractivity (Wildman–Crippen MR) is 200 cm³/mol. The van der Waals surface area contributed by atoms with E-state index in [0.717, 1.165) is 22.3 Å². The Kier molecular flexibility index (Phi) is 10.1. The summed E-state index contributed by atoms with van der Waals surface area (Å²) in [6.07, 6.45) is 0. The second kappa shape index (κ2) is 12.4. The fourth-order valence-electron chi connectivity index (χ4n) is 6.41. The van der Waals surface area contributed by atoms with Gasteiger partial charge in [0.1, 0.15) is 0 Å². The van der Waals surface area contributed by atoms with Gasteiger partial charge < -0.3 is 0 Å². The molecule has 4 aromatic rings. The summed E-state index contributed by atoms with van der Waals surface area (Å²) in [6.45, 7) is 30.6. The van der Waals surface area contributed by atoms with E-state index in [2.05, 4.69) is 121 Å². The van der Waals surface area contributed by atoms with Gasteiger partial charge in [0.2, 0.25) is 0 Å². The number of rotatable bonds is 3. The van der Waals surface area contributed by atoms with Crippen LogP contribution in [-0.2, 0) is 21.7 Å². The van der Waals surface area contributed by atoms with Crippen LogP contribution in [0.2, 0.25) is 0 Å². The molecule has 2 N–H and O–H groups in total. The summed E-state index contributed by atoms with van der Waals surface area (Å²) < 4.78 is 0. The molecule has 0 bridgehead atoms. The van der Waals surface area contributed by atoms with Gasteiger partial charge in [-0.2, -0.15) is 0 Å². The van der Waals surface area contributed by atoms with Crippen LogP contribution in [0, 0.1) is 13.8 Å². The van der Waals surface area contributed by atoms with Crippen LogP contribution in [0.25, 0.3) is 0 Å². The van der Waals surface area contributed by atoms with Crippen molar-refractivity contribution in [3.05, 3.63) is 124 Å². The number of aryl methyl sites for hydroxylation is 2. The van der Waals surface area contributed by atoms with Gasteiger partial charge in [-0.1, -0.05) is 36.4 Å². The van der Waals surface area contributed by atoms with Gasteiger partial charge in [0, 0.05) is 0 Å². The Labute approximate surface area is 275 Å². The van der Waals surface area contributed by atoms with E-state index in [4.69, 9.17) is 0 Å². The molecule has 4 rings (SSSR count). The van der Waals surface area contributed by atoms with E-state index in [1.807, 2.05) is 66.7 Å². The molecule has 244 valence electrons. The number of hydrogen-bond acceptors (Lipinski definition) is 2. The summed E-state index contributed by atoms with van der Waals surface area (Å²) in [7, 11) is -4.94. The van der Waals surface area contributed by atoms with Crippen molar-refractivity contribution in [3.8, 4) is 0 Å². The zero-order chi connectivity index (χ0) is 34.2. The van der Waals surface area contributed by atoms with Crippen molar-refractivity contribution in [3.63, 3.8) is 0 Å². The molecule has 0 amide bonds. The SMILES string of the molecule is Cc1cc(P(O)(O)(c2ccccc2)c2cc(C)c(C(C)(C)C)cc2C(C)(C)C)c(C(C)(C)C)cc1C(C)(C)C.c1ccccc1. The van der Waals surface area contributed by atoms with Crippen LogP contribution in [0.5, 0.6) is 0 Å². The Morgan fingerprint density at radius 1 is 0.400 bits per heavy atom. The topological polar surface area (TPSA) is 40.5 Å². The molecule has 0 unspecified atom stereocenters. The number of hydrogen-bond donors (Lipinski definition) is 2. The van der Waals surface area contributed by atoms with Crippen molar-refractivity contribution >= 4 is 23.0 Å². The maximum Gasteiger partial charge on any atom is -0.0623 e. The summed E-state index contributed by atoms with van der Waals surface area (Å²) in [5, 5.41) is 1.88. The maximum absolute atomic E-state index is 13.5. The molecule has 4 aromatic carbocycles. The van der Waals surface area contributed by atoms with Crippen molar-refractivity contribution in [2.75, 3.05) is 0 Å². The molecule has 0 aliphatic heterocycles. The largest absolute Gasteiger partial charge is 0.0623 e. The molecule has 0 spiro atoms. The van der Waals surface area contributed by atoms with Gasteiger partial charge >= 0.3 is 239 Å². The maximum atomic E-state index is 13.5. The van der Waals surface area contributed by atoms with Gasteiger partial charge in [-0.25, -0.2) is 0 Å². The van der Waals surface area contributed by atoms with Gasteiger partial charge in [-0.15, -0.1) is 0 Å². The normalized spacial score (nSPS) is 13.8. The zero-order valence-electron chi connectivity index (χ0n) is 30.5. The molecule has 0 aromatic heterocycles. The smallest absolute Gasteiger partial charge is 0.0623 e. The van der Waals surface area contributed by atoms with E-state index < -0.39 is 7.06 Å². The van der Waals surface area contributed by atoms with E-state index in [1.54, 1.807) is 0 Å². The van der Waals surface area contributed by atoms with Gasteiger partial charge in [-0.05, 0) is 0 Å². The molecule has 0 aliphatic rings. The van der Waals surface area contributed by atoms with Gasteiger partial charge in [0.05, 0.1) is 0 Å². The molecule has 0 aliphatic carbocycles. The Bertz CT molecular complexity index is 1490. The molecular formula is C42H59O2P. The van der Waals surface area contributed by atoms with Gasteiger partial charge in [-0.3, -0.25) is 0 Å². The average Bonchev–Trinajstić information content (AvgIpc) is 2.92. The van der Waals surface area contributed by atoms with E-state index in [9.17, 15) is 9.79 Å². The predicted octanol–water partition coefficient (Wildman–Crippen LogP) is 9.82. The Balaban J connectivity index is 0.000000821. The third-order valence-corrected chi connectivity index (χ3v) is 12.6. The van der Waals surface area contributed by atoms with Gasteiger partial charge in [0.25, 0.3) is 0 Å². The van der Waals surface area contributed by atoms with Crippen molar-refractivity contribution < 1.29 is 9.79 Å². The standard InChI is InChI=1S/C36H53O2P.C6H6/c1-24-20-31(29(35(9,10)11)22-27(24)33(3,4)5)39(37,38,26-18-16-15-17-19-26)32-21-25(2)28(34(6,7)8)23-30(32)36(12,13)14;1-2-4-6-5-3-1/h15-23,37-38H,1-14H3;1-6H. The third-order valence-electron chi connectivity index (χ3n) is 8.74. The first-order valence-corrected chi connectivity index (χ1v) is 18.4. The van der Waals surface area contributed by atoms with Crippen LogP contribution in [0.4, 0.5) is 0 Å². The van der Waals surface area contributed by atoms with E-state index in [0.29, 0.717) is 15.9 Å². The molecule has 0 radical (unpaired) electrons. The molecule has 0 atom stereocenters. The minimum atomic E-state index is -4.94. The van der Waals surface area contributed by atoms with Crippen LogP contribution in [-0.4, -0.2) is 9.79 Å². The first kappa shape index (κ1) is 36.7. The second-order valence-corrected chi connectivity index (χ2v) is 20.4. The van der Waals surface area contributed by atoms with Gasteiger partial charge in [0.15, 0.2) is 0 Å². The van der Waals surface area contributed by atoms with Crippen LogP contribution in [0.3, 0.4) is 0 Å². The van der Waals surface area contributed by atoms with Crippen molar-refractivity contribution in [2.24, 2.45) is 0 Å². The fraction of sp³-hybridized carbons (Fsp3) is 0.429. The molecular weight excluding hydrogens is 567 g/mol. The summed E-state index contributed by atoms with van der Waals surface area (Å²) in [5.41, 5.74) is 5.85. The molecule has 0 saturated carbocycles. The molecule has 2 nitrogen and oxygen atoms in total. The first-order chi connectivity index (χ1) is 20.4. The molecule has 0 heterocycles. The van der Waals surface area contributed by atoms with E-state index >= 15 is 0 Å². The summed E-state index contributed by atoms with van der Waals surface area (Å²) in [5.74, 6) is 0. The van der Waals surface area contributed by atoms with Crippen LogP contribution in [0.15, 0.2) is 91.0 Å². The van der Waals surface area contributed by atoms with Crippen LogP contribution < -0.4 is 15.9 Å². The second-order valence-electron chi connectivity index (χ2n) is 16.9.